The van der Waals surface area contributed by atoms with Crippen LogP contribution in [-0.4, -0.2) is 47.8 Å². The topological polar surface area (TPSA) is 93.9 Å². The van der Waals surface area contributed by atoms with E-state index in [1.54, 1.807) is 4.90 Å². The Hall–Kier alpha value is -3.97. The van der Waals surface area contributed by atoms with Crippen LogP contribution in [0.15, 0.2) is 66.4 Å². The molecule has 3 aromatic carbocycles. The molecule has 0 unspecified atom stereocenters. The van der Waals surface area contributed by atoms with Gasteiger partial charge in [0.15, 0.2) is 0 Å². The average Bonchev–Trinajstić information content (AvgIpc) is 3.42. The average molecular weight is 641 g/mol. The number of benzene rings is 3. The fourth-order valence-corrected chi connectivity index (χ4v) is 6.65. The van der Waals surface area contributed by atoms with Crippen LogP contribution in [0.25, 0.3) is 5.57 Å². The molecule has 228 valence electrons. The molecule has 5 rings (SSSR count). The zero-order valence-electron chi connectivity index (χ0n) is 24.4. The van der Waals surface area contributed by atoms with Gasteiger partial charge in [-0.15, -0.1) is 0 Å². The molecule has 2 aliphatic rings. The number of amides is 1. The molecule has 0 spiro atoms. The number of fused-ring (bicyclic) bond motifs is 1. The summed E-state index contributed by atoms with van der Waals surface area (Å²) >= 11 is 12.3. The van der Waals surface area contributed by atoms with E-state index in [1.807, 2.05) is 20.8 Å². The van der Waals surface area contributed by atoms with Crippen LogP contribution >= 0.6 is 23.2 Å². The normalized spacial score (nSPS) is 21.5. The van der Waals surface area contributed by atoms with Crippen molar-refractivity contribution in [2.24, 2.45) is 5.41 Å². The number of nitriles is 1. The molecular weight excluding hydrogens is 611 g/mol. The maximum atomic E-state index is 16.0. The first-order valence-corrected chi connectivity index (χ1v) is 14.5. The van der Waals surface area contributed by atoms with Crippen molar-refractivity contribution >= 4 is 46.3 Å². The van der Waals surface area contributed by atoms with Crippen LogP contribution in [0.1, 0.15) is 48.7 Å². The van der Waals surface area contributed by atoms with Gasteiger partial charge in [0.25, 0.3) is 5.91 Å². The summed E-state index contributed by atoms with van der Waals surface area (Å²) in [5.74, 6) is -2.90. The summed E-state index contributed by atoms with van der Waals surface area (Å²) in [6, 6.07) is 15.5. The molecular formula is C33H29Cl2F2N3O4. The predicted octanol–water partition coefficient (Wildman–Crippen LogP) is 6.72. The van der Waals surface area contributed by atoms with Gasteiger partial charge in [-0.25, -0.2) is 13.6 Å². The van der Waals surface area contributed by atoms with Crippen LogP contribution in [0.2, 0.25) is 10.0 Å². The zero-order chi connectivity index (χ0) is 32.1. The monoisotopic (exact) mass is 639 g/mol. The van der Waals surface area contributed by atoms with Crippen molar-refractivity contribution in [3.8, 4) is 6.07 Å². The van der Waals surface area contributed by atoms with Crippen LogP contribution in [0, 0.1) is 28.4 Å². The number of halogens is 4. The molecule has 1 amide bonds. The first-order chi connectivity index (χ1) is 20.8. The van der Waals surface area contributed by atoms with Gasteiger partial charge in [-0.1, -0.05) is 62.2 Å². The highest BCUT2D eigenvalue weighted by Gasteiger charge is 2.63. The van der Waals surface area contributed by atoms with Gasteiger partial charge < -0.3 is 14.7 Å². The molecule has 7 nitrogen and oxygen atoms in total. The fourth-order valence-electron chi connectivity index (χ4n) is 6.31. The summed E-state index contributed by atoms with van der Waals surface area (Å²) in [6.45, 7) is 5.21. The number of ether oxygens (including phenoxy) is 1. The smallest absolute Gasteiger partial charge is 0.337 e. The number of hydrogen-bond acceptors (Lipinski definition) is 6. The number of methoxy groups -OCH3 is 1. The summed E-state index contributed by atoms with van der Waals surface area (Å²) < 4.78 is 36.7. The minimum absolute atomic E-state index is 0.0624. The first-order valence-electron chi connectivity index (χ1n) is 13.8. The largest absolute Gasteiger partial charge is 0.465 e. The Morgan fingerprint density at radius 2 is 1.80 bits per heavy atom. The van der Waals surface area contributed by atoms with Gasteiger partial charge in [0.1, 0.15) is 28.9 Å². The molecule has 0 saturated carbocycles. The van der Waals surface area contributed by atoms with E-state index in [-0.39, 0.29) is 44.4 Å². The third-order valence-electron chi connectivity index (χ3n) is 8.05. The van der Waals surface area contributed by atoms with Gasteiger partial charge in [0.05, 0.1) is 36.4 Å². The van der Waals surface area contributed by atoms with Crippen molar-refractivity contribution in [1.82, 2.24) is 4.90 Å². The zero-order valence-corrected chi connectivity index (χ0v) is 25.9. The Morgan fingerprint density at radius 3 is 2.36 bits per heavy atom. The fraction of sp³-hybridized carbons (Fsp3) is 0.303. The summed E-state index contributed by atoms with van der Waals surface area (Å²) in [6.07, 6.45) is -0.826. The molecule has 1 fully saturated rings. The number of aliphatic hydroxyl groups is 1. The maximum absolute atomic E-state index is 16.0. The quantitative estimate of drug-likeness (QED) is 0.301. The summed E-state index contributed by atoms with van der Waals surface area (Å²) in [4.78, 5) is 29.5. The van der Waals surface area contributed by atoms with E-state index in [4.69, 9.17) is 27.9 Å². The third-order valence-corrected chi connectivity index (χ3v) is 8.58. The van der Waals surface area contributed by atoms with Crippen LogP contribution in [-0.2, 0) is 14.9 Å². The molecule has 11 heteroatoms. The van der Waals surface area contributed by atoms with Gasteiger partial charge in [-0.2, -0.15) is 5.26 Å². The molecule has 1 saturated heterocycles. The van der Waals surface area contributed by atoms with Gasteiger partial charge in [0, 0.05) is 27.4 Å². The molecule has 3 atom stereocenters. The lowest BCUT2D eigenvalue weighted by atomic mass is 9.65. The minimum Gasteiger partial charge on any atom is -0.465 e. The number of anilines is 1. The Morgan fingerprint density at radius 1 is 1.11 bits per heavy atom. The van der Waals surface area contributed by atoms with Crippen LogP contribution < -0.4 is 4.90 Å². The van der Waals surface area contributed by atoms with E-state index in [2.05, 4.69) is 6.07 Å². The van der Waals surface area contributed by atoms with E-state index in [0.29, 0.717) is 5.69 Å². The molecule has 44 heavy (non-hydrogen) atoms. The van der Waals surface area contributed by atoms with Gasteiger partial charge in [0.2, 0.25) is 0 Å². The lowest BCUT2D eigenvalue weighted by Crippen LogP contribution is -2.53. The Labute approximate surface area is 263 Å². The second-order valence-electron chi connectivity index (χ2n) is 11.9. The first kappa shape index (κ1) is 31.5. The van der Waals surface area contributed by atoms with Crippen LogP contribution in [0.4, 0.5) is 14.5 Å². The predicted molar refractivity (Wildman–Crippen MR) is 163 cm³/mol. The molecule has 0 radical (unpaired) electrons. The lowest BCUT2D eigenvalue weighted by molar-refractivity contribution is -0.114. The molecule has 0 aromatic heterocycles. The Kier molecular flexibility index (Phi) is 8.23. The summed E-state index contributed by atoms with van der Waals surface area (Å²) in [7, 11) is 1.25. The molecule has 2 heterocycles. The van der Waals surface area contributed by atoms with Crippen molar-refractivity contribution in [3.05, 3.63) is 105 Å². The SMILES string of the molecule is COC(=O)c1ccc(N2C(=O)C3=C(c4cccc(Cl)c4F)[C@@](C#N)(c4ccc(Cl)cc4F)[C@H](CC(C)(C)C)N3[C@@H]2CO)cc1. The summed E-state index contributed by atoms with van der Waals surface area (Å²) in [5, 5.41) is 21.8. The summed E-state index contributed by atoms with van der Waals surface area (Å²) in [5.41, 5.74) is -2.18. The molecule has 2 aliphatic heterocycles. The van der Waals surface area contributed by atoms with E-state index in [9.17, 15) is 20.0 Å². The van der Waals surface area contributed by atoms with E-state index < -0.39 is 53.2 Å². The second-order valence-corrected chi connectivity index (χ2v) is 12.8. The molecule has 1 N–H and O–H groups in total. The highest BCUT2D eigenvalue weighted by atomic mass is 35.5. The second kappa shape index (κ2) is 11.5. The van der Waals surface area contributed by atoms with Crippen molar-refractivity contribution in [3.63, 3.8) is 0 Å². The Balaban J connectivity index is 1.87. The van der Waals surface area contributed by atoms with E-state index >= 15 is 8.78 Å². The van der Waals surface area contributed by atoms with E-state index in [0.717, 1.165) is 6.07 Å². The molecule has 0 aliphatic carbocycles. The minimum atomic E-state index is -1.92. The van der Waals surface area contributed by atoms with Gasteiger partial charge >= 0.3 is 5.97 Å². The van der Waals surface area contributed by atoms with Crippen molar-refractivity contribution in [2.45, 2.75) is 44.8 Å². The number of aliphatic hydroxyl groups excluding tert-OH is 1. The lowest BCUT2D eigenvalue weighted by Gasteiger charge is -2.42. The number of nitrogens with zero attached hydrogens (tertiary/aromatic N) is 3. The number of esters is 1. The van der Waals surface area contributed by atoms with Crippen molar-refractivity contribution in [1.29, 1.82) is 5.26 Å². The highest BCUT2D eigenvalue weighted by molar-refractivity contribution is 6.31. The van der Waals surface area contributed by atoms with Crippen LogP contribution in [0.5, 0.6) is 0 Å². The maximum Gasteiger partial charge on any atom is 0.337 e. The number of carbonyl (C=O) groups excluding carboxylic acids is 2. The van der Waals surface area contributed by atoms with Crippen LogP contribution in [0.3, 0.4) is 0 Å². The molecule has 3 aromatic rings. The molecule has 0 bridgehead atoms. The van der Waals surface area contributed by atoms with Gasteiger partial charge in [-0.3, -0.25) is 9.69 Å². The van der Waals surface area contributed by atoms with E-state index in [1.165, 1.54) is 66.6 Å². The van der Waals surface area contributed by atoms with Crippen molar-refractivity contribution < 1.29 is 28.2 Å². The number of hydrogen-bond donors (Lipinski definition) is 1. The third kappa shape index (κ3) is 4.91. The van der Waals surface area contributed by atoms with Gasteiger partial charge in [-0.05, 0) is 54.3 Å². The Bertz CT molecular complexity index is 1730. The van der Waals surface area contributed by atoms with Crippen molar-refractivity contribution in [2.75, 3.05) is 18.6 Å². The standard InChI is InChI=1S/C33H29Cl2F2N3O4/c1-32(2,3)15-25-33(17-38,22-13-10-19(34)14-24(22)36)27(21-6-5-7-23(35)28(21)37)29-30(42)39(26(16-41)40(25)29)20-11-8-18(9-12-20)31(43)44-4/h5-14,25-26,41H,15-16H2,1-4H3/t25-,26+,33-/m0/s1. The highest BCUT2D eigenvalue weighted by Crippen LogP contribution is 2.58. The number of carbonyl (C=O) groups is 2. The number of rotatable bonds is 6.